The third-order valence-electron chi connectivity index (χ3n) is 13.8. The molecule has 0 aliphatic heterocycles. The van der Waals surface area contributed by atoms with Gasteiger partial charge in [0.2, 0.25) is 0 Å². The van der Waals surface area contributed by atoms with E-state index in [0.29, 0.717) is 17.5 Å². The summed E-state index contributed by atoms with van der Waals surface area (Å²) in [4.78, 5) is 16.4. The Bertz CT molecular complexity index is 4380. The lowest BCUT2D eigenvalue weighted by molar-refractivity contribution is 0.669. The van der Waals surface area contributed by atoms with Gasteiger partial charge in [-0.3, -0.25) is 0 Å². The molecule has 14 aromatic rings. The van der Waals surface area contributed by atoms with E-state index in [-0.39, 0.29) is 0 Å². The maximum absolute atomic E-state index is 6.61. The molecule has 0 unspecified atom stereocenters. The first-order valence-corrected chi connectivity index (χ1v) is 23.6. The van der Waals surface area contributed by atoms with Crippen molar-refractivity contribution < 1.29 is 8.83 Å². The van der Waals surface area contributed by atoms with Crippen LogP contribution in [0.2, 0.25) is 0 Å². The Hall–Kier alpha value is -9.45. The highest BCUT2D eigenvalue weighted by Gasteiger charge is 2.22. The lowest BCUT2D eigenvalue weighted by atomic mass is 9.90. The van der Waals surface area contributed by atoms with Crippen LogP contribution in [0.25, 0.3) is 144 Å². The topological polar surface area (TPSA) is 65.0 Å². The van der Waals surface area contributed by atoms with Crippen LogP contribution in [0.1, 0.15) is 0 Å². The van der Waals surface area contributed by atoms with E-state index in [2.05, 4.69) is 212 Å². The second kappa shape index (κ2) is 16.1. The molecular weight excluding hydrogens is 855 g/mol. The summed E-state index contributed by atoms with van der Waals surface area (Å²) >= 11 is 0. The summed E-state index contributed by atoms with van der Waals surface area (Å²) in [5.41, 5.74) is 14.8. The average molecular weight is 894 g/mol. The molecule has 0 spiro atoms. The molecule has 14 rings (SSSR count). The van der Waals surface area contributed by atoms with Crippen molar-refractivity contribution in [2.24, 2.45) is 0 Å². The molecule has 0 bridgehead atoms. The minimum absolute atomic E-state index is 0.576. The van der Waals surface area contributed by atoms with Crippen LogP contribution in [0.4, 0.5) is 0 Å². The molecule has 0 amide bonds. The zero-order chi connectivity index (χ0) is 46.1. The Labute approximate surface area is 402 Å². The molecule has 0 fully saturated rings. The lowest BCUT2D eigenvalue weighted by Crippen LogP contribution is -2.02. The van der Waals surface area contributed by atoms with E-state index in [9.17, 15) is 0 Å². The molecule has 326 valence electrons. The van der Waals surface area contributed by atoms with Crippen LogP contribution in [0, 0.1) is 0 Å². The number of para-hydroxylation sites is 3. The van der Waals surface area contributed by atoms with Gasteiger partial charge in [-0.05, 0) is 90.8 Å². The molecule has 3 heterocycles. The van der Waals surface area contributed by atoms with Crippen LogP contribution in [-0.4, -0.2) is 15.0 Å². The van der Waals surface area contributed by atoms with Crippen LogP contribution in [0.15, 0.2) is 245 Å². The SMILES string of the molecule is c1ccc(-c2cccc3c(-c4nc(-c5ccccc5-c5ccccc5-c5cccc6c5oc5ccccc56)nc(-c5ccc(-c6ccc7c(c6)oc6ccccc67)c6ccccc56)n4)cccc23)cc1. The standard InChI is InChI=1S/C65H39N3O2/c1-2-17-40(18-3-1)42-27-14-29-50-45(42)28-15-32-57(50)64-66-63(56-26-9-8-23-49(56)46-20-5-6-21-47(46)54-30-16-31-55-52-25-11-13-34-60(52)70-62(54)55)67-65(68-64)58-38-37-43(44-19-4-7-22-48(44)58)41-35-36-53-51-24-10-12-33-59(51)69-61(53)39-41/h1-39H. The number of hydrogen-bond donors (Lipinski definition) is 0. The third kappa shape index (κ3) is 6.44. The van der Waals surface area contributed by atoms with Gasteiger partial charge in [0.25, 0.3) is 0 Å². The van der Waals surface area contributed by atoms with Crippen LogP contribution in [-0.2, 0) is 0 Å². The molecule has 0 atom stereocenters. The maximum Gasteiger partial charge on any atom is 0.164 e. The van der Waals surface area contributed by atoms with Gasteiger partial charge >= 0.3 is 0 Å². The predicted octanol–water partition coefficient (Wildman–Crippen LogP) is 17.6. The van der Waals surface area contributed by atoms with E-state index in [1.165, 1.54) is 0 Å². The first-order chi connectivity index (χ1) is 34.7. The smallest absolute Gasteiger partial charge is 0.164 e. The van der Waals surface area contributed by atoms with E-state index < -0.39 is 0 Å². The van der Waals surface area contributed by atoms with Crippen LogP contribution >= 0.6 is 0 Å². The molecule has 5 nitrogen and oxygen atoms in total. The fourth-order valence-corrected chi connectivity index (χ4v) is 10.6. The second-order valence-electron chi connectivity index (χ2n) is 17.8. The normalized spacial score (nSPS) is 11.7. The highest BCUT2D eigenvalue weighted by atomic mass is 16.3. The molecular formula is C65H39N3O2. The highest BCUT2D eigenvalue weighted by molar-refractivity contribution is 6.12. The van der Waals surface area contributed by atoms with Crippen molar-refractivity contribution in [2.45, 2.75) is 0 Å². The molecule has 0 saturated carbocycles. The van der Waals surface area contributed by atoms with Gasteiger partial charge in [0.15, 0.2) is 17.5 Å². The van der Waals surface area contributed by atoms with Gasteiger partial charge < -0.3 is 8.83 Å². The van der Waals surface area contributed by atoms with Crippen molar-refractivity contribution in [1.29, 1.82) is 0 Å². The first kappa shape index (κ1) is 39.7. The summed E-state index contributed by atoms with van der Waals surface area (Å²) in [6.45, 7) is 0. The number of aromatic nitrogens is 3. The summed E-state index contributed by atoms with van der Waals surface area (Å²) in [5.74, 6) is 1.75. The van der Waals surface area contributed by atoms with Crippen molar-refractivity contribution in [3.63, 3.8) is 0 Å². The zero-order valence-corrected chi connectivity index (χ0v) is 37.7. The van der Waals surface area contributed by atoms with Crippen LogP contribution in [0.3, 0.4) is 0 Å². The summed E-state index contributed by atoms with van der Waals surface area (Å²) in [6, 6.07) is 82.7. The number of benzene rings is 11. The number of nitrogens with zero attached hydrogens (tertiary/aromatic N) is 3. The van der Waals surface area contributed by atoms with Gasteiger partial charge in [-0.2, -0.15) is 0 Å². The fraction of sp³-hybridized carbons (Fsp3) is 0. The molecule has 0 N–H and O–H groups in total. The number of rotatable bonds is 7. The van der Waals surface area contributed by atoms with Crippen LogP contribution < -0.4 is 0 Å². The van der Waals surface area contributed by atoms with E-state index in [0.717, 1.165) is 127 Å². The van der Waals surface area contributed by atoms with E-state index in [1.54, 1.807) is 0 Å². The molecule has 0 aliphatic rings. The number of furan rings is 2. The largest absolute Gasteiger partial charge is 0.456 e. The van der Waals surface area contributed by atoms with Crippen LogP contribution in [0.5, 0.6) is 0 Å². The first-order valence-electron chi connectivity index (χ1n) is 23.6. The molecule has 0 radical (unpaired) electrons. The summed E-state index contributed by atoms with van der Waals surface area (Å²) in [6.07, 6.45) is 0. The van der Waals surface area contributed by atoms with Gasteiger partial charge in [-0.1, -0.05) is 206 Å². The van der Waals surface area contributed by atoms with E-state index in [4.69, 9.17) is 23.8 Å². The summed E-state index contributed by atoms with van der Waals surface area (Å²) < 4.78 is 13.0. The Morgan fingerprint density at radius 1 is 0.214 bits per heavy atom. The molecule has 5 heteroatoms. The minimum Gasteiger partial charge on any atom is -0.456 e. The van der Waals surface area contributed by atoms with Crippen molar-refractivity contribution >= 4 is 65.4 Å². The molecule has 70 heavy (non-hydrogen) atoms. The van der Waals surface area contributed by atoms with Crippen molar-refractivity contribution in [1.82, 2.24) is 15.0 Å². The van der Waals surface area contributed by atoms with Crippen molar-refractivity contribution in [2.75, 3.05) is 0 Å². The monoisotopic (exact) mass is 893 g/mol. The summed E-state index contributed by atoms with van der Waals surface area (Å²) in [5, 5.41) is 8.71. The van der Waals surface area contributed by atoms with Gasteiger partial charge in [-0.15, -0.1) is 0 Å². The Morgan fingerprint density at radius 2 is 0.614 bits per heavy atom. The second-order valence-corrected chi connectivity index (χ2v) is 17.8. The van der Waals surface area contributed by atoms with Gasteiger partial charge in [0, 0.05) is 43.8 Å². The van der Waals surface area contributed by atoms with E-state index in [1.807, 2.05) is 24.3 Å². The maximum atomic E-state index is 6.61. The Kier molecular flexibility index (Phi) is 9.14. The Balaban J connectivity index is 0.984. The van der Waals surface area contributed by atoms with Crippen molar-refractivity contribution in [3.05, 3.63) is 237 Å². The van der Waals surface area contributed by atoms with Gasteiger partial charge in [0.05, 0.1) is 0 Å². The minimum atomic E-state index is 0.576. The molecule has 0 aliphatic carbocycles. The lowest BCUT2D eigenvalue weighted by Gasteiger charge is -2.17. The average Bonchev–Trinajstić information content (AvgIpc) is 4.01. The zero-order valence-electron chi connectivity index (χ0n) is 37.7. The van der Waals surface area contributed by atoms with Gasteiger partial charge in [-0.25, -0.2) is 15.0 Å². The Morgan fingerprint density at radius 3 is 1.30 bits per heavy atom. The quantitative estimate of drug-likeness (QED) is 0.159. The van der Waals surface area contributed by atoms with E-state index >= 15 is 0 Å². The third-order valence-corrected chi connectivity index (χ3v) is 13.8. The predicted molar refractivity (Wildman–Crippen MR) is 287 cm³/mol. The van der Waals surface area contributed by atoms with Crippen molar-refractivity contribution in [3.8, 4) is 78.7 Å². The molecule has 3 aromatic heterocycles. The summed E-state index contributed by atoms with van der Waals surface area (Å²) in [7, 11) is 0. The highest BCUT2D eigenvalue weighted by Crippen LogP contribution is 2.44. The number of fused-ring (bicyclic) bond motifs is 8. The molecule has 11 aromatic carbocycles. The van der Waals surface area contributed by atoms with Gasteiger partial charge in [0.1, 0.15) is 22.3 Å². The number of hydrogen-bond acceptors (Lipinski definition) is 5. The molecule has 0 saturated heterocycles. The fourth-order valence-electron chi connectivity index (χ4n) is 10.6.